The predicted octanol–water partition coefficient (Wildman–Crippen LogP) is 3.82. The Labute approximate surface area is 197 Å². The molecule has 3 rings (SSSR count). The summed E-state index contributed by atoms with van der Waals surface area (Å²) in [6.45, 7) is 5.41. The highest BCUT2D eigenvalue weighted by Gasteiger charge is 2.48. The molecule has 0 aliphatic carbocycles. The van der Waals surface area contributed by atoms with Crippen molar-refractivity contribution in [2.45, 2.75) is 37.6 Å². The van der Waals surface area contributed by atoms with E-state index >= 15 is 0 Å². The lowest BCUT2D eigenvalue weighted by atomic mass is 9.68. The zero-order valence-electron chi connectivity index (χ0n) is 19.0. The molecule has 0 saturated carbocycles. The zero-order valence-corrected chi connectivity index (χ0v) is 19.9. The van der Waals surface area contributed by atoms with Crippen LogP contribution in [0.4, 0.5) is 13.2 Å². The Hall–Kier alpha value is -2.59. The maximum Gasteiger partial charge on any atom is 0.516 e. The molecule has 0 aromatic heterocycles. The summed E-state index contributed by atoms with van der Waals surface area (Å²) < 4.78 is 62.8. The van der Waals surface area contributed by atoms with Crippen LogP contribution in [-0.4, -0.2) is 49.5 Å². The molecule has 34 heavy (non-hydrogen) atoms. The van der Waals surface area contributed by atoms with Gasteiger partial charge in [0.2, 0.25) is 5.91 Å². The molecule has 0 radical (unpaired) electrons. The maximum atomic E-state index is 12.8. The lowest BCUT2D eigenvalue weighted by Gasteiger charge is -2.45. The summed E-state index contributed by atoms with van der Waals surface area (Å²) in [5.41, 5.74) is -4.08. The van der Waals surface area contributed by atoms with Gasteiger partial charge in [0.05, 0.1) is 5.92 Å². The molecular weight excluding hydrogens is 469 g/mol. The molecular formula is C24H29F3N2O4S. The molecule has 3 atom stereocenters. The molecule has 2 aromatic rings. The third-order valence-electron chi connectivity index (χ3n) is 6.79. The maximum absolute atomic E-state index is 12.8. The summed E-state index contributed by atoms with van der Waals surface area (Å²) in [5.74, 6) is -1.87. The Kier molecular flexibility index (Phi) is 7.62. The third kappa shape index (κ3) is 5.90. The van der Waals surface area contributed by atoms with Gasteiger partial charge in [-0.05, 0) is 54.0 Å². The van der Waals surface area contributed by atoms with Crippen LogP contribution < -0.4 is 4.72 Å². The van der Waals surface area contributed by atoms with Gasteiger partial charge in [0.15, 0.2) is 0 Å². The number of benzene rings is 2. The van der Waals surface area contributed by atoms with Crippen LogP contribution in [-0.2, 0) is 26.7 Å². The average molecular weight is 499 g/mol. The Morgan fingerprint density at radius 2 is 1.88 bits per heavy atom. The molecule has 10 heteroatoms. The van der Waals surface area contributed by atoms with Crippen LogP contribution >= 0.6 is 0 Å². The number of sulfonamides is 1. The number of phenolic OH excluding ortho intramolecular Hbond substituents is 1. The molecule has 6 nitrogen and oxygen atoms in total. The van der Waals surface area contributed by atoms with Crippen molar-refractivity contribution in [1.82, 2.24) is 9.62 Å². The minimum atomic E-state index is -5.79. The first-order chi connectivity index (χ1) is 15.8. The molecule has 2 aromatic carbocycles. The number of rotatable bonds is 7. The number of nitrogens with zero attached hydrogens (tertiary/aromatic N) is 1. The second-order valence-corrected chi connectivity index (χ2v) is 10.9. The molecule has 1 heterocycles. The van der Waals surface area contributed by atoms with Crippen LogP contribution in [0.3, 0.4) is 0 Å². The molecule has 0 spiro atoms. The van der Waals surface area contributed by atoms with E-state index in [9.17, 15) is 31.5 Å². The van der Waals surface area contributed by atoms with Crippen molar-refractivity contribution < 1.29 is 31.5 Å². The number of nitrogens with one attached hydrogen (secondary N) is 1. The predicted molar refractivity (Wildman–Crippen MR) is 122 cm³/mol. The van der Waals surface area contributed by atoms with Gasteiger partial charge in [-0.1, -0.05) is 56.3 Å². The number of hydrogen-bond donors (Lipinski definition) is 2. The average Bonchev–Trinajstić information content (AvgIpc) is 2.75. The van der Waals surface area contributed by atoms with Gasteiger partial charge in [-0.15, -0.1) is 0 Å². The molecule has 186 valence electrons. The monoisotopic (exact) mass is 498 g/mol. The van der Waals surface area contributed by atoms with E-state index in [1.165, 1.54) is 4.72 Å². The molecule has 1 saturated heterocycles. The molecule has 0 unspecified atom stereocenters. The highest BCUT2D eigenvalue weighted by Crippen LogP contribution is 2.40. The van der Waals surface area contributed by atoms with Crippen molar-refractivity contribution in [1.29, 1.82) is 0 Å². The van der Waals surface area contributed by atoms with Crippen LogP contribution in [0.2, 0.25) is 0 Å². The van der Waals surface area contributed by atoms with Gasteiger partial charge in [-0.3, -0.25) is 4.79 Å². The van der Waals surface area contributed by atoms with Crippen molar-refractivity contribution in [3.63, 3.8) is 0 Å². The summed E-state index contributed by atoms with van der Waals surface area (Å²) >= 11 is 0. The van der Waals surface area contributed by atoms with Gasteiger partial charge < -0.3 is 10.0 Å². The van der Waals surface area contributed by atoms with E-state index in [0.717, 1.165) is 11.1 Å². The van der Waals surface area contributed by atoms with Crippen LogP contribution in [0, 0.1) is 11.8 Å². The van der Waals surface area contributed by atoms with Gasteiger partial charge in [-0.2, -0.15) is 21.6 Å². The number of likely N-dealkylation sites (tertiary alicyclic amines) is 1. The number of alkyl halides is 3. The van der Waals surface area contributed by atoms with Crippen molar-refractivity contribution in [3.8, 4) is 5.75 Å². The number of halogens is 3. The topological polar surface area (TPSA) is 86.7 Å². The van der Waals surface area contributed by atoms with E-state index in [4.69, 9.17) is 0 Å². The summed E-state index contributed by atoms with van der Waals surface area (Å²) in [5, 5.41) is 9.88. The largest absolute Gasteiger partial charge is 0.516 e. The minimum Gasteiger partial charge on any atom is -0.508 e. The second kappa shape index (κ2) is 9.95. The fourth-order valence-corrected chi connectivity index (χ4v) is 5.04. The van der Waals surface area contributed by atoms with E-state index in [0.29, 0.717) is 19.5 Å². The number of phenols is 1. The van der Waals surface area contributed by atoms with Crippen molar-refractivity contribution in [2.24, 2.45) is 11.8 Å². The van der Waals surface area contributed by atoms with E-state index in [2.05, 4.69) is 13.8 Å². The number of amides is 1. The zero-order chi connectivity index (χ0) is 25.1. The Morgan fingerprint density at radius 1 is 1.21 bits per heavy atom. The van der Waals surface area contributed by atoms with Crippen LogP contribution in [0.25, 0.3) is 0 Å². The van der Waals surface area contributed by atoms with E-state index in [-0.39, 0.29) is 30.0 Å². The fraction of sp³-hybridized carbons (Fsp3) is 0.458. The number of piperidine rings is 1. The molecule has 1 aliphatic heterocycles. The number of aromatic hydroxyl groups is 1. The van der Waals surface area contributed by atoms with Crippen molar-refractivity contribution in [3.05, 3.63) is 65.7 Å². The smallest absolute Gasteiger partial charge is 0.508 e. The number of carbonyl (C=O) groups is 1. The summed E-state index contributed by atoms with van der Waals surface area (Å²) in [7, 11) is -5.79. The van der Waals surface area contributed by atoms with Crippen LogP contribution in [0.15, 0.2) is 54.6 Å². The van der Waals surface area contributed by atoms with Crippen LogP contribution in [0.5, 0.6) is 5.75 Å². The first-order valence-corrected chi connectivity index (χ1v) is 12.5. The van der Waals surface area contributed by atoms with Gasteiger partial charge in [-0.25, -0.2) is 4.72 Å². The fourth-order valence-electron chi connectivity index (χ4n) is 4.50. The lowest BCUT2D eigenvalue weighted by molar-refractivity contribution is -0.124. The van der Waals surface area contributed by atoms with Crippen LogP contribution in [0.1, 0.15) is 31.4 Å². The molecule has 0 bridgehead atoms. The minimum absolute atomic E-state index is 0.106. The highest BCUT2D eigenvalue weighted by atomic mass is 32.2. The Balaban J connectivity index is 1.77. The van der Waals surface area contributed by atoms with E-state index in [1.807, 2.05) is 11.0 Å². The second-order valence-electron chi connectivity index (χ2n) is 9.18. The van der Waals surface area contributed by atoms with Gasteiger partial charge in [0.25, 0.3) is 0 Å². The lowest BCUT2D eigenvalue weighted by Crippen LogP contribution is -2.51. The van der Waals surface area contributed by atoms with Crippen molar-refractivity contribution in [2.75, 3.05) is 19.6 Å². The SMILES string of the molecule is C[C@H]1CN(C[C@H](Cc2ccccc2)C(=O)NS(=O)(=O)C(F)(F)F)CC[C@@]1(C)c1cccc(O)c1. The first-order valence-electron chi connectivity index (χ1n) is 11.0. The number of hydrogen-bond acceptors (Lipinski definition) is 5. The van der Waals surface area contributed by atoms with Gasteiger partial charge in [0.1, 0.15) is 5.75 Å². The van der Waals surface area contributed by atoms with Gasteiger partial charge >= 0.3 is 15.5 Å². The standard InChI is InChI=1S/C24H29F3N2O4S/c1-17-15-29(12-11-23(17,2)20-9-6-10-21(30)14-20)16-19(13-18-7-4-3-5-8-18)22(31)28-34(32,33)24(25,26)27/h3-10,14,17,19,30H,11-13,15-16H2,1-2H3,(H,28,31)/t17-,19-,23+/m0/s1. The number of carbonyl (C=O) groups excluding carboxylic acids is 1. The summed E-state index contributed by atoms with van der Waals surface area (Å²) in [6.07, 6.45) is 0.812. The highest BCUT2D eigenvalue weighted by molar-refractivity contribution is 7.90. The molecule has 1 fully saturated rings. The first kappa shape index (κ1) is 26.0. The normalized spacial score (nSPS) is 22.8. The third-order valence-corrected chi connectivity index (χ3v) is 7.87. The molecule has 1 amide bonds. The molecule has 2 N–H and O–H groups in total. The quantitative estimate of drug-likeness (QED) is 0.606. The Bertz CT molecular complexity index is 1110. The van der Waals surface area contributed by atoms with Gasteiger partial charge in [0, 0.05) is 13.1 Å². The summed E-state index contributed by atoms with van der Waals surface area (Å²) in [4.78, 5) is 14.7. The van der Waals surface area contributed by atoms with E-state index in [1.54, 1.807) is 48.5 Å². The Morgan fingerprint density at radius 3 is 2.47 bits per heavy atom. The molecule has 1 aliphatic rings. The summed E-state index contributed by atoms with van der Waals surface area (Å²) in [6, 6.07) is 15.9. The van der Waals surface area contributed by atoms with E-state index < -0.39 is 27.4 Å². The van der Waals surface area contributed by atoms with Crippen molar-refractivity contribution >= 4 is 15.9 Å².